The molecule has 0 spiro atoms. The summed E-state index contributed by atoms with van der Waals surface area (Å²) in [7, 11) is 0. The molecular weight excluding hydrogens is 262 g/mol. The lowest BCUT2D eigenvalue weighted by atomic mass is 10.1. The Balaban J connectivity index is 0.00000180. The fourth-order valence-corrected chi connectivity index (χ4v) is 3.06. The van der Waals surface area contributed by atoms with Gasteiger partial charge in [-0.15, -0.1) is 12.4 Å². The van der Waals surface area contributed by atoms with Gasteiger partial charge in [0.2, 0.25) is 5.91 Å². The molecule has 2 fully saturated rings. The number of hydrogen-bond donors (Lipinski definition) is 2. The van der Waals surface area contributed by atoms with Crippen molar-refractivity contribution in [2.75, 3.05) is 26.2 Å². The molecule has 1 amide bonds. The first kappa shape index (κ1) is 16.7. The van der Waals surface area contributed by atoms with Crippen LogP contribution in [-0.4, -0.2) is 49.1 Å². The third kappa shape index (κ3) is 6.11. The van der Waals surface area contributed by atoms with Gasteiger partial charge in [-0.1, -0.05) is 25.7 Å². The fourth-order valence-electron chi connectivity index (χ4n) is 3.06. The Labute approximate surface area is 123 Å². The summed E-state index contributed by atoms with van der Waals surface area (Å²) >= 11 is 0. The zero-order valence-corrected chi connectivity index (χ0v) is 12.8. The first-order valence-electron chi connectivity index (χ1n) is 7.49. The van der Waals surface area contributed by atoms with Crippen molar-refractivity contribution in [1.29, 1.82) is 0 Å². The summed E-state index contributed by atoms with van der Waals surface area (Å²) < 4.78 is 0. The van der Waals surface area contributed by atoms with Gasteiger partial charge in [0.05, 0.1) is 6.54 Å². The third-order valence-electron chi connectivity index (χ3n) is 4.04. The van der Waals surface area contributed by atoms with Crippen molar-refractivity contribution in [2.45, 2.75) is 57.5 Å². The minimum absolute atomic E-state index is 0. The zero-order valence-electron chi connectivity index (χ0n) is 12.0. The number of rotatable bonds is 3. The van der Waals surface area contributed by atoms with Gasteiger partial charge in [0, 0.05) is 31.7 Å². The van der Waals surface area contributed by atoms with E-state index in [1.165, 1.54) is 38.5 Å². The number of carbonyl (C=O) groups excluding carboxylic acids is 1. The minimum atomic E-state index is 0. The molecule has 1 unspecified atom stereocenters. The van der Waals surface area contributed by atoms with Crippen molar-refractivity contribution in [2.24, 2.45) is 0 Å². The summed E-state index contributed by atoms with van der Waals surface area (Å²) in [5, 5.41) is 6.62. The van der Waals surface area contributed by atoms with E-state index in [4.69, 9.17) is 0 Å². The summed E-state index contributed by atoms with van der Waals surface area (Å²) in [4.78, 5) is 14.3. The Kier molecular flexibility index (Phi) is 7.73. The molecule has 1 aliphatic carbocycles. The molecule has 112 valence electrons. The van der Waals surface area contributed by atoms with Gasteiger partial charge in [0.25, 0.3) is 0 Å². The first-order chi connectivity index (χ1) is 8.74. The Hall–Kier alpha value is -0.320. The fraction of sp³-hybridized carbons (Fsp3) is 0.929. The zero-order chi connectivity index (χ0) is 12.8. The van der Waals surface area contributed by atoms with E-state index in [2.05, 4.69) is 22.5 Å². The third-order valence-corrected chi connectivity index (χ3v) is 4.04. The maximum absolute atomic E-state index is 12.0. The van der Waals surface area contributed by atoms with Crippen molar-refractivity contribution in [3.63, 3.8) is 0 Å². The minimum Gasteiger partial charge on any atom is -0.352 e. The van der Waals surface area contributed by atoms with E-state index in [1.807, 2.05) is 0 Å². The molecule has 4 nitrogen and oxygen atoms in total. The summed E-state index contributed by atoms with van der Waals surface area (Å²) in [6.07, 6.45) is 7.56. The number of nitrogens with zero attached hydrogens (tertiary/aromatic N) is 1. The van der Waals surface area contributed by atoms with Crippen molar-refractivity contribution < 1.29 is 4.79 Å². The molecule has 2 rings (SSSR count). The van der Waals surface area contributed by atoms with E-state index in [9.17, 15) is 4.79 Å². The number of hydrogen-bond acceptors (Lipinski definition) is 3. The smallest absolute Gasteiger partial charge is 0.234 e. The molecule has 1 saturated heterocycles. The molecular formula is C14H28ClN3O. The highest BCUT2D eigenvalue weighted by atomic mass is 35.5. The molecule has 2 aliphatic rings. The average molecular weight is 290 g/mol. The Morgan fingerprint density at radius 3 is 2.58 bits per heavy atom. The van der Waals surface area contributed by atoms with E-state index in [0.717, 1.165) is 19.6 Å². The van der Waals surface area contributed by atoms with Crippen LogP contribution in [0.3, 0.4) is 0 Å². The number of piperazine rings is 1. The molecule has 1 saturated carbocycles. The highest BCUT2D eigenvalue weighted by molar-refractivity contribution is 5.85. The largest absolute Gasteiger partial charge is 0.352 e. The first-order valence-corrected chi connectivity index (χ1v) is 7.49. The van der Waals surface area contributed by atoms with Gasteiger partial charge in [0.1, 0.15) is 0 Å². The normalized spacial score (nSPS) is 26.3. The average Bonchev–Trinajstić information content (AvgIpc) is 2.57. The standard InChI is InChI=1S/C14H27N3O.ClH/c1-12-10-17(9-8-15-12)11-14(18)16-13-6-4-2-3-5-7-13;/h12-13,15H,2-11H2,1H3,(H,16,18);1H. The summed E-state index contributed by atoms with van der Waals surface area (Å²) in [5.74, 6) is 0.219. The molecule has 0 aromatic carbocycles. The van der Waals surface area contributed by atoms with Crippen LogP contribution >= 0.6 is 12.4 Å². The van der Waals surface area contributed by atoms with Gasteiger partial charge in [-0.2, -0.15) is 0 Å². The molecule has 1 atom stereocenters. The summed E-state index contributed by atoms with van der Waals surface area (Å²) in [5.41, 5.74) is 0. The highest BCUT2D eigenvalue weighted by Crippen LogP contribution is 2.17. The number of nitrogens with one attached hydrogen (secondary N) is 2. The molecule has 2 N–H and O–H groups in total. The van der Waals surface area contributed by atoms with Gasteiger partial charge >= 0.3 is 0 Å². The highest BCUT2D eigenvalue weighted by Gasteiger charge is 2.20. The van der Waals surface area contributed by atoms with E-state index in [1.54, 1.807) is 0 Å². The Morgan fingerprint density at radius 2 is 1.95 bits per heavy atom. The van der Waals surface area contributed by atoms with Gasteiger partial charge in [-0.25, -0.2) is 0 Å². The van der Waals surface area contributed by atoms with E-state index < -0.39 is 0 Å². The van der Waals surface area contributed by atoms with Crippen LogP contribution in [0.2, 0.25) is 0 Å². The monoisotopic (exact) mass is 289 g/mol. The molecule has 1 aliphatic heterocycles. The lowest BCUT2D eigenvalue weighted by molar-refractivity contribution is -0.123. The molecule has 0 radical (unpaired) electrons. The van der Waals surface area contributed by atoms with Crippen molar-refractivity contribution in [3.05, 3.63) is 0 Å². The molecule has 0 aromatic rings. The van der Waals surface area contributed by atoms with Gasteiger partial charge < -0.3 is 10.6 Å². The summed E-state index contributed by atoms with van der Waals surface area (Å²) in [6.45, 7) is 5.72. The Bertz CT molecular complexity index is 261. The molecule has 0 bridgehead atoms. The van der Waals surface area contributed by atoms with E-state index >= 15 is 0 Å². The van der Waals surface area contributed by atoms with Crippen LogP contribution in [0.15, 0.2) is 0 Å². The van der Waals surface area contributed by atoms with Crippen LogP contribution in [0, 0.1) is 0 Å². The lowest BCUT2D eigenvalue weighted by Gasteiger charge is -2.31. The lowest BCUT2D eigenvalue weighted by Crippen LogP contribution is -2.52. The number of halogens is 1. The maximum Gasteiger partial charge on any atom is 0.234 e. The maximum atomic E-state index is 12.0. The topological polar surface area (TPSA) is 44.4 Å². The van der Waals surface area contributed by atoms with Crippen LogP contribution in [-0.2, 0) is 4.79 Å². The van der Waals surface area contributed by atoms with Crippen molar-refractivity contribution in [1.82, 2.24) is 15.5 Å². The van der Waals surface area contributed by atoms with Gasteiger partial charge in [0.15, 0.2) is 0 Å². The van der Waals surface area contributed by atoms with Crippen LogP contribution < -0.4 is 10.6 Å². The van der Waals surface area contributed by atoms with E-state index in [0.29, 0.717) is 18.6 Å². The quantitative estimate of drug-likeness (QED) is 0.775. The van der Waals surface area contributed by atoms with Crippen LogP contribution in [0.1, 0.15) is 45.4 Å². The molecule has 19 heavy (non-hydrogen) atoms. The molecule has 5 heteroatoms. The van der Waals surface area contributed by atoms with Crippen molar-refractivity contribution >= 4 is 18.3 Å². The van der Waals surface area contributed by atoms with Crippen molar-refractivity contribution in [3.8, 4) is 0 Å². The van der Waals surface area contributed by atoms with Crippen LogP contribution in [0.25, 0.3) is 0 Å². The number of carbonyl (C=O) groups is 1. The van der Waals surface area contributed by atoms with Crippen LogP contribution in [0.5, 0.6) is 0 Å². The Morgan fingerprint density at radius 1 is 1.26 bits per heavy atom. The SMILES string of the molecule is CC1CN(CC(=O)NC2CCCCCC2)CCN1.Cl. The second-order valence-electron chi connectivity index (χ2n) is 5.85. The summed E-state index contributed by atoms with van der Waals surface area (Å²) in [6, 6.07) is 0.935. The van der Waals surface area contributed by atoms with E-state index in [-0.39, 0.29) is 18.3 Å². The molecule has 0 aromatic heterocycles. The van der Waals surface area contributed by atoms with Crippen LogP contribution in [0.4, 0.5) is 0 Å². The predicted molar refractivity (Wildman–Crippen MR) is 80.8 cm³/mol. The second kappa shape index (κ2) is 8.77. The number of amides is 1. The second-order valence-corrected chi connectivity index (χ2v) is 5.85. The molecule has 1 heterocycles. The van der Waals surface area contributed by atoms with Gasteiger partial charge in [-0.3, -0.25) is 9.69 Å². The predicted octanol–water partition coefficient (Wildman–Crippen LogP) is 1.54. The van der Waals surface area contributed by atoms with Gasteiger partial charge in [-0.05, 0) is 19.8 Å².